The molecule has 0 spiro atoms. The van der Waals surface area contributed by atoms with E-state index in [9.17, 15) is 8.42 Å². The van der Waals surface area contributed by atoms with Crippen LogP contribution in [0.3, 0.4) is 0 Å². The molecule has 6 nitrogen and oxygen atoms in total. The van der Waals surface area contributed by atoms with E-state index in [1.165, 1.54) is 0 Å². The molecule has 0 saturated carbocycles. The number of fused-ring (bicyclic) bond motifs is 1. The molecule has 2 N–H and O–H groups in total. The van der Waals surface area contributed by atoms with Crippen molar-refractivity contribution in [2.75, 3.05) is 23.4 Å². The van der Waals surface area contributed by atoms with Crippen molar-refractivity contribution in [1.29, 1.82) is 0 Å². The summed E-state index contributed by atoms with van der Waals surface area (Å²) in [5.74, 6) is 0.748. The van der Waals surface area contributed by atoms with E-state index in [0.29, 0.717) is 11.2 Å². The third-order valence-electron chi connectivity index (χ3n) is 3.42. The van der Waals surface area contributed by atoms with E-state index in [0.717, 1.165) is 28.8 Å². The number of hydrogen-bond donors (Lipinski definition) is 2. The van der Waals surface area contributed by atoms with Crippen LogP contribution in [0.4, 0.5) is 17.1 Å². The Morgan fingerprint density at radius 3 is 2.52 bits per heavy atom. The van der Waals surface area contributed by atoms with Crippen LogP contribution in [0.1, 0.15) is 0 Å². The second kappa shape index (κ2) is 7.58. The molecule has 25 heavy (non-hydrogen) atoms. The van der Waals surface area contributed by atoms with Crippen LogP contribution in [0.15, 0.2) is 54.7 Å². The fraction of sp³-hybridized carbons (Fsp3) is 0.118. The lowest BCUT2D eigenvalue weighted by molar-refractivity contribution is 0.415. The zero-order valence-corrected chi connectivity index (χ0v) is 15.3. The number of nitrogens with one attached hydrogen (secondary N) is 2. The molecule has 1 heterocycles. The van der Waals surface area contributed by atoms with Crippen LogP contribution in [-0.4, -0.2) is 26.8 Å². The minimum Gasteiger partial charge on any atom is -0.497 e. The van der Waals surface area contributed by atoms with Crippen molar-refractivity contribution < 1.29 is 13.2 Å². The zero-order chi connectivity index (χ0) is 17.2. The molecule has 8 heteroatoms. The number of aromatic nitrogens is 1. The number of rotatable bonds is 5. The number of hydrogen-bond acceptors (Lipinski definition) is 5. The minimum absolute atomic E-state index is 0. The Balaban J connectivity index is 0.00000225. The third kappa shape index (κ3) is 4.52. The van der Waals surface area contributed by atoms with Crippen molar-refractivity contribution >= 4 is 50.4 Å². The normalized spacial score (nSPS) is 10.8. The lowest BCUT2D eigenvalue weighted by Crippen LogP contribution is -2.10. The SMILES string of the molecule is COc1cccc(Nc2ccnc3c(NS(C)(=O)=O)cccc23)c1.Cl. The first-order valence-electron chi connectivity index (χ1n) is 7.23. The van der Waals surface area contributed by atoms with Gasteiger partial charge in [-0.25, -0.2) is 8.42 Å². The van der Waals surface area contributed by atoms with Gasteiger partial charge >= 0.3 is 0 Å². The summed E-state index contributed by atoms with van der Waals surface area (Å²) in [6, 6.07) is 14.8. The van der Waals surface area contributed by atoms with Crippen LogP contribution in [-0.2, 0) is 10.0 Å². The highest BCUT2D eigenvalue weighted by molar-refractivity contribution is 7.92. The highest BCUT2D eigenvalue weighted by Gasteiger charge is 2.10. The van der Waals surface area contributed by atoms with Crippen molar-refractivity contribution in [2.24, 2.45) is 0 Å². The van der Waals surface area contributed by atoms with Crippen LogP contribution in [0.25, 0.3) is 10.9 Å². The maximum absolute atomic E-state index is 11.5. The number of sulfonamides is 1. The van der Waals surface area contributed by atoms with Gasteiger partial charge in [0.25, 0.3) is 0 Å². The number of anilines is 3. The van der Waals surface area contributed by atoms with Gasteiger partial charge in [-0.2, -0.15) is 0 Å². The van der Waals surface area contributed by atoms with E-state index in [1.54, 1.807) is 25.4 Å². The standard InChI is InChI=1S/C17H17N3O3S.ClH/c1-23-13-6-3-5-12(11-13)19-15-9-10-18-17-14(15)7-4-8-16(17)20-24(2,21)22;/h3-11,20H,1-2H3,(H,18,19);1H. The predicted molar refractivity (Wildman–Crippen MR) is 104 cm³/mol. The topological polar surface area (TPSA) is 80.3 Å². The van der Waals surface area contributed by atoms with Gasteiger partial charge in [0.15, 0.2) is 0 Å². The quantitative estimate of drug-likeness (QED) is 0.705. The fourth-order valence-electron chi connectivity index (χ4n) is 2.42. The van der Waals surface area contributed by atoms with E-state index in [1.807, 2.05) is 36.4 Å². The first-order chi connectivity index (χ1) is 11.5. The number of halogens is 1. The number of methoxy groups -OCH3 is 1. The van der Waals surface area contributed by atoms with Gasteiger partial charge in [-0.1, -0.05) is 18.2 Å². The van der Waals surface area contributed by atoms with Gasteiger partial charge in [-0.15, -0.1) is 12.4 Å². The summed E-state index contributed by atoms with van der Waals surface area (Å²) in [5, 5.41) is 4.13. The second-order valence-electron chi connectivity index (χ2n) is 5.29. The zero-order valence-electron chi connectivity index (χ0n) is 13.7. The van der Waals surface area contributed by atoms with E-state index in [4.69, 9.17) is 4.74 Å². The number of para-hydroxylation sites is 1. The van der Waals surface area contributed by atoms with Crippen molar-refractivity contribution in [3.05, 3.63) is 54.7 Å². The van der Waals surface area contributed by atoms with Crippen LogP contribution in [0.5, 0.6) is 5.75 Å². The highest BCUT2D eigenvalue weighted by atomic mass is 35.5. The molecule has 1 aromatic heterocycles. The van der Waals surface area contributed by atoms with Crippen LogP contribution in [0, 0.1) is 0 Å². The van der Waals surface area contributed by atoms with Crippen LogP contribution < -0.4 is 14.8 Å². The molecular weight excluding hydrogens is 362 g/mol. The van der Waals surface area contributed by atoms with Gasteiger partial charge in [-0.3, -0.25) is 9.71 Å². The Morgan fingerprint density at radius 2 is 1.80 bits per heavy atom. The summed E-state index contributed by atoms with van der Waals surface area (Å²) < 4.78 is 30.8. The average Bonchev–Trinajstić information content (AvgIpc) is 2.54. The lowest BCUT2D eigenvalue weighted by Gasteiger charge is -2.13. The highest BCUT2D eigenvalue weighted by Crippen LogP contribution is 2.30. The molecular formula is C17H18ClN3O3S. The second-order valence-corrected chi connectivity index (χ2v) is 7.04. The van der Waals surface area contributed by atoms with E-state index in [2.05, 4.69) is 15.0 Å². The minimum atomic E-state index is -3.38. The third-order valence-corrected chi connectivity index (χ3v) is 4.01. The number of pyridine rings is 1. The average molecular weight is 380 g/mol. The number of ether oxygens (including phenoxy) is 1. The monoisotopic (exact) mass is 379 g/mol. The Labute approximate surface area is 152 Å². The molecule has 3 aromatic rings. The molecule has 0 radical (unpaired) electrons. The first kappa shape index (κ1) is 18.8. The lowest BCUT2D eigenvalue weighted by atomic mass is 10.1. The summed E-state index contributed by atoms with van der Waals surface area (Å²) in [7, 11) is -1.76. The molecule has 0 aliphatic carbocycles. The van der Waals surface area contributed by atoms with Crippen LogP contribution in [0.2, 0.25) is 0 Å². The largest absolute Gasteiger partial charge is 0.497 e. The molecule has 0 unspecified atom stereocenters. The molecule has 0 atom stereocenters. The van der Waals surface area contributed by atoms with Crippen LogP contribution >= 0.6 is 12.4 Å². The first-order valence-corrected chi connectivity index (χ1v) is 9.12. The maximum Gasteiger partial charge on any atom is 0.229 e. The smallest absolute Gasteiger partial charge is 0.229 e. The van der Waals surface area contributed by atoms with Gasteiger partial charge in [0, 0.05) is 29.0 Å². The van der Waals surface area contributed by atoms with E-state index < -0.39 is 10.0 Å². The van der Waals surface area contributed by atoms with Gasteiger partial charge in [0.05, 0.1) is 24.6 Å². The Hall–Kier alpha value is -2.51. The molecule has 3 rings (SSSR count). The van der Waals surface area contributed by atoms with Gasteiger partial charge in [0.2, 0.25) is 10.0 Å². The molecule has 0 bridgehead atoms. The predicted octanol–water partition coefficient (Wildman–Crippen LogP) is 3.78. The van der Waals surface area contributed by atoms with Gasteiger partial charge in [0.1, 0.15) is 5.75 Å². The molecule has 132 valence electrons. The number of benzene rings is 2. The maximum atomic E-state index is 11.5. The van der Waals surface area contributed by atoms with Crippen molar-refractivity contribution in [2.45, 2.75) is 0 Å². The fourth-order valence-corrected chi connectivity index (χ4v) is 2.99. The molecule has 0 aliphatic heterocycles. The molecule has 0 amide bonds. The Morgan fingerprint density at radius 1 is 1.04 bits per heavy atom. The van der Waals surface area contributed by atoms with E-state index in [-0.39, 0.29) is 12.4 Å². The van der Waals surface area contributed by atoms with Crippen molar-refractivity contribution in [1.82, 2.24) is 4.98 Å². The van der Waals surface area contributed by atoms with Crippen molar-refractivity contribution in [3.8, 4) is 5.75 Å². The van der Waals surface area contributed by atoms with E-state index >= 15 is 0 Å². The summed E-state index contributed by atoms with van der Waals surface area (Å²) in [6.07, 6.45) is 2.75. The summed E-state index contributed by atoms with van der Waals surface area (Å²) >= 11 is 0. The summed E-state index contributed by atoms with van der Waals surface area (Å²) in [5.41, 5.74) is 2.72. The molecule has 0 fully saturated rings. The molecule has 0 aliphatic rings. The Kier molecular flexibility index (Phi) is 5.71. The molecule has 0 saturated heterocycles. The Bertz CT molecular complexity index is 993. The molecule has 2 aromatic carbocycles. The van der Waals surface area contributed by atoms with Gasteiger partial charge in [-0.05, 0) is 24.3 Å². The summed E-state index contributed by atoms with van der Waals surface area (Å²) in [6.45, 7) is 0. The van der Waals surface area contributed by atoms with Gasteiger partial charge < -0.3 is 10.1 Å². The van der Waals surface area contributed by atoms with Crippen molar-refractivity contribution in [3.63, 3.8) is 0 Å². The summed E-state index contributed by atoms with van der Waals surface area (Å²) in [4.78, 5) is 4.31. The number of nitrogens with zero attached hydrogens (tertiary/aromatic N) is 1.